The third-order valence-electron chi connectivity index (χ3n) is 2.49. The van der Waals surface area contributed by atoms with Gasteiger partial charge >= 0.3 is 0 Å². The Kier molecular flexibility index (Phi) is 3.06. The molecular weight excluding hydrogens is 198 g/mol. The van der Waals surface area contributed by atoms with Crippen LogP contribution in [0.15, 0.2) is 24.3 Å². The molecule has 1 N–H and O–H groups in total. The van der Waals surface area contributed by atoms with Crippen LogP contribution in [0.4, 0.5) is 0 Å². The van der Waals surface area contributed by atoms with Crippen LogP contribution in [0.1, 0.15) is 18.5 Å². The number of ether oxygens (including phenoxy) is 1. The monoisotopic (exact) mass is 211 g/mol. The Morgan fingerprint density at radius 1 is 1.36 bits per heavy atom. The molecule has 1 fully saturated rings. The van der Waals surface area contributed by atoms with Crippen LogP contribution in [0.25, 0.3) is 0 Å². The fourth-order valence-electron chi connectivity index (χ4n) is 1.53. The van der Waals surface area contributed by atoms with Gasteiger partial charge in [0.15, 0.2) is 0 Å². The molecule has 0 unspecified atom stereocenters. The molecule has 0 aromatic heterocycles. The van der Waals surface area contributed by atoms with Crippen molar-refractivity contribution in [2.75, 3.05) is 13.2 Å². The quantitative estimate of drug-likeness (QED) is 0.829. The van der Waals surface area contributed by atoms with E-state index in [0.29, 0.717) is 12.1 Å². The first-order valence-electron chi connectivity index (χ1n) is 4.85. The van der Waals surface area contributed by atoms with Crippen LogP contribution in [0.3, 0.4) is 0 Å². The molecule has 1 aromatic carbocycles. The van der Waals surface area contributed by atoms with Crippen molar-refractivity contribution in [1.82, 2.24) is 5.32 Å². The Labute approximate surface area is 89.2 Å². The summed E-state index contributed by atoms with van der Waals surface area (Å²) in [5, 5.41) is 4.27. The molecule has 0 aliphatic carbocycles. The Hall–Kier alpha value is -0.570. The number of hydrogen-bond acceptors (Lipinski definition) is 2. The number of nitrogens with one attached hydrogen (secondary N) is 1. The van der Waals surface area contributed by atoms with Crippen LogP contribution in [0, 0.1) is 0 Å². The molecule has 1 atom stereocenters. The lowest BCUT2D eigenvalue weighted by molar-refractivity contribution is -0.00925. The van der Waals surface area contributed by atoms with E-state index in [1.165, 1.54) is 5.56 Å². The van der Waals surface area contributed by atoms with E-state index in [4.69, 9.17) is 16.3 Å². The van der Waals surface area contributed by atoms with E-state index in [2.05, 4.69) is 24.4 Å². The first-order valence-corrected chi connectivity index (χ1v) is 5.23. The number of benzene rings is 1. The first-order chi connectivity index (χ1) is 6.75. The Morgan fingerprint density at radius 3 is 2.50 bits per heavy atom. The molecule has 2 rings (SSSR count). The van der Waals surface area contributed by atoms with Crippen molar-refractivity contribution in [2.45, 2.75) is 19.0 Å². The second-order valence-electron chi connectivity index (χ2n) is 3.67. The molecule has 3 heteroatoms. The first kappa shape index (κ1) is 9.97. The molecule has 1 aliphatic rings. The number of hydrogen-bond donors (Lipinski definition) is 1. The van der Waals surface area contributed by atoms with E-state index >= 15 is 0 Å². The van der Waals surface area contributed by atoms with Crippen molar-refractivity contribution in [3.63, 3.8) is 0 Å². The average molecular weight is 212 g/mol. The molecule has 0 bridgehead atoms. The predicted molar refractivity (Wildman–Crippen MR) is 57.6 cm³/mol. The molecule has 1 aromatic rings. The van der Waals surface area contributed by atoms with E-state index < -0.39 is 0 Å². The van der Waals surface area contributed by atoms with E-state index in [9.17, 15) is 0 Å². The summed E-state index contributed by atoms with van der Waals surface area (Å²) in [4.78, 5) is 0. The molecule has 2 nitrogen and oxygen atoms in total. The summed E-state index contributed by atoms with van der Waals surface area (Å²) in [6.45, 7) is 3.82. The van der Waals surface area contributed by atoms with Gasteiger partial charge in [-0.3, -0.25) is 0 Å². The summed E-state index contributed by atoms with van der Waals surface area (Å²) in [5.41, 5.74) is 1.27. The van der Waals surface area contributed by atoms with Gasteiger partial charge in [0.05, 0.1) is 19.3 Å². The Balaban J connectivity index is 1.95. The summed E-state index contributed by atoms with van der Waals surface area (Å²) in [6.07, 6.45) is 0. The molecule has 1 saturated heterocycles. The molecule has 0 spiro atoms. The van der Waals surface area contributed by atoms with Gasteiger partial charge in [-0.25, -0.2) is 0 Å². The summed E-state index contributed by atoms with van der Waals surface area (Å²) >= 11 is 5.82. The molecule has 14 heavy (non-hydrogen) atoms. The Bertz CT molecular complexity index is 295. The van der Waals surface area contributed by atoms with E-state index in [1.807, 2.05) is 12.1 Å². The lowest BCUT2D eigenvalue weighted by atomic mass is 10.1. The maximum Gasteiger partial charge on any atom is 0.0643 e. The van der Waals surface area contributed by atoms with Gasteiger partial charge in [0, 0.05) is 11.1 Å². The number of halogens is 1. The molecule has 0 radical (unpaired) electrons. The second kappa shape index (κ2) is 4.30. The molecule has 0 saturated carbocycles. The van der Waals surface area contributed by atoms with Crippen LogP contribution >= 0.6 is 11.6 Å². The molecule has 1 heterocycles. The maximum atomic E-state index is 5.82. The summed E-state index contributed by atoms with van der Waals surface area (Å²) in [6, 6.07) is 8.83. The van der Waals surface area contributed by atoms with Crippen molar-refractivity contribution in [2.24, 2.45) is 0 Å². The van der Waals surface area contributed by atoms with Crippen molar-refractivity contribution in [1.29, 1.82) is 0 Å². The highest BCUT2D eigenvalue weighted by molar-refractivity contribution is 6.30. The predicted octanol–water partition coefficient (Wildman–Crippen LogP) is 2.39. The van der Waals surface area contributed by atoms with Crippen molar-refractivity contribution >= 4 is 11.6 Å². The highest BCUT2D eigenvalue weighted by Crippen LogP contribution is 2.17. The van der Waals surface area contributed by atoms with Gasteiger partial charge < -0.3 is 10.1 Å². The van der Waals surface area contributed by atoms with Crippen LogP contribution in [0.2, 0.25) is 5.02 Å². The molecule has 1 aliphatic heterocycles. The average Bonchev–Trinajstić information content (AvgIpc) is 2.12. The zero-order chi connectivity index (χ0) is 9.97. The van der Waals surface area contributed by atoms with Gasteiger partial charge in [0.25, 0.3) is 0 Å². The van der Waals surface area contributed by atoms with Gasteiger partial charge in [-0.05, 0) is 24.6 Å². The van der Waals surface area contributed by atoms with Gasteiger partial charge in [0.2, 0.25) is 0 Å². The summed E-state index contributed by atoms with van der Waals surface area (Å²) in [5.74, 6) is 0. The zero-order valence-electron chi connectivity index (χ0n) is 8.16. The van der Waals surface area contributed by atoms with Gasteiger partial charge in [0.1, 0.15) is 0 Å². The van der Waals surface area contributed by atoms with Gasteiger partial charge in [-0.2, -0.15) is 0 Å². The minimum atomic E-state index is 0.362. The van der Waals surface area contributed by atoms with Crippen LogP contribution in [-0.4, -0.2) is 19.3 Å². The highest BCUT2D eigenvalue weighted by atomic mass is 35.5. The third kappa shape index (κ3) is 2.27. The largest absolute Gasteiger partial charge is 0.378 e. The van der Waals surface area contributed by atoms with Crippen molar-refractivity contribution < 1.29 is 4.74 Å². The minimum Gasteiger partial charge on any atom is -0.378 e. The lowest BCUT2D eigenvalue weighted by Gasteiger charge is -2.30. The highest BCUT2D eigenvalue weighted by Gasteiger charge is 2.20. The lowest BCUT2D eigenvalue weighted by Crippen LogP contribution is -2.46. The molecule has 0 amide bonds. The van der Waals surface area contributed by atoms with Gasteiger partial charge in [-0.15, -0.1) is 0 Å². The Morgan fingerprint density at radius 2 is 2.00 bits per heavy atom. The van der Waals surface area contributed by atoms with Crippen LogP contribution < -0.4 is 5.32 Å². The smallest absolute Gasteiger partial charge is 0.0643 e. The van der Waals surface area contributed by atoms with Crippen molar-refractivity contribution in [3.8, 4) is 0 Å². The zero-order valence-corrected chi connectivity index (χ0v) is 8.92. The second-order valence-corrected chi connectivity index (χ2v) is 4.11. The SMILES string of the molecule is C[C@@H](NC1COC1)c1ccc(Cl)cc1. The third-order valence-corrected chi connectivity index (χ3v) is 2.75. The van der Waals surface area contributed by atoms with E-state index in [0.717, 1.165) is 18.2 Å². The topological polar surface area (TPSA) is 21.3 Å². The number of rotatable bonds is 3. The fourth-order valence-corrected chi connectivity index (χ4v) is 1.66. The fraction of sp³-hybridized carbons (Fsp3) is 0.455. The van der Waals surface area contributed by atoms with Gasteiger partial charge in [-0.1, -0.05) is 23.7 Å². The summed E-state index contributed by atoms with van der Waals surface area (Å²) < 4.78 is 5.11. The van der Waals surface area contributed by atoms with Crippen LogP contribution in [-0.2, 0) is 4.74 Å². The molecular formula is C11H14ClNO. The van der Waals surface area contributed by atoms with Crippen molar-refractivity contribution in [3.05, 3.63) is 34.9 Å². The summed E-state index contributed by atoms with van der Waals surface area (Å²) in [7, 11) is 0. The van der Waals surface area contributed by atoms with E-state index in [1.54, 1.807) is 0 Å². The maximum absolute atomic E-state index is 5.82. The van der Waals surface area contributed by atoms with E-state index in [-0.39, 0.29) is 0 Å². The minimum absolute atomic E-state index is 0.362. The van der Waals surface area contributed by atoms with Crippen LogP contribution in [0.5, 0.6) is 0 Å². The normalized spacial score (nSPS) is 19.0. The standard InChI is InChI=1S/C11H14ClNO/c1-8(13-11-6-14-7-11)9-2-4-10(12)5-3-9/h2-5,8,11,13H,6-7H2,1H3/t8-/m1/s1. The molecule has 76 valence electrons.